The number of aryl methyl sites for hydroxylation is 1. The number of rotatable bonds is 4. The molecule has 0 bridgehead atoms. The first-order chi connectivity index (χ1) is 9.19. The fraction of sp³-hybridized carbons (Fsp3) is 0.429. The van der Waals surface area contributed by atoms with Gasteiger partial charge in [0.25, 0.3) is 0 Å². The number of ether oxygens (including phenoxy) is 1. The Kier molecular flexibility index (Phi) is 4.96. The Morgan fingerprint density at radius 3 is 2.50 bits per heavy atom. The van der Waals surface area contributed by atoms with Crippen molar-refractivity contribution >= 4 is 17.7 Å². The summed E-state index contributed by atoms with van der Waals surface area (Å²) < 4.78 is 5.10. The topological polar surface area (TPSA) is 95.9 Å². The van der Waals surface area contributed by atoms with E-state index in [9.17, 15) is 14.7 Å². The number of hydrogen-bond donors (Lipinski definition) is 3. The minimum Gasteiger partial charge on any atom is -0.506 e. The number of carbonyl (C=O) groups is 2. The zero-order chi connectivity index (χ0) is 15.3. The molecule has 0 aliphatic rings. The highest BCUT2D eigenvalue weighted by Gasteiger charge is 2.18. The van der Waals surface area contributed by atoms with Crippen molar-refractivity contribution < 1.29 is 24.5 Å². The molecule has 20 heavy (non-hydrogen) atoms. The van der Waals surface area contributed by atoms with E-state index in [1.165, 1.54) is 6.07 Å². The van der Waals surface area contributed by atoms with Gasteiger partial charge in [0.2, 0.25) is 0 Å². The number of carboxylic acids is 1. The minimum atomic E-state index is -0.948. The number of benzene rings is 1. The number of carbonyl (C=O) groups excluding carboxylic acids is 1. The Morgan fingerprint density at radius 2 is 1.95 bits per heavy atom. The van der Waals surface area contributed by atoms with Gasteiger partial charge in [0, 0.05) is 6.42 Å². The van der Waals surface area contributed by atoms with Gasteiger partial charge in [-0.25, -0.2) is 4.79 Å². The van der Waals surface area contributed by atoms with E-state index in [4.69, 9.17) is 9.84 Å². The van der Waals surface area contributed by atoms with Gasteiger partial charge in [-0.3, -0.25) is 10.1 Å². The molecule has 1 aromatic rings. The molecule has 1 rings (SSSR count). The van der Waals surface area contributed by atoms with Gasteiger partial charge in [0.15, 0.2) is 0 Å². The van der Waals surface area contributed by atoms with Crippen LogP contribution < -0.4 is 5.32 Å². The van der Waals surface area contributed by atoms with Crippen LogP contribution in [0.4, 0.5) is 10.5 Å². The largest absolute Gasteiger partial charge is 0.506 e. The van der Waals surface area contributed by atoms with Gasteiger partial charge < -0.3 is 14.9 Å². The molecule has 1 aromatic carbocycles. The number of carboxylic acid groups (broad SMARTS) is 1. The highest BCUT2D eigenvalue weighted by atomic mass is 16.6. The summed E-state index contributed by atoms with van der Waals surface area (Å²) in [4.78, 5) is 22.3. The number of amides is 1. The lowest BCUT2D eigenvalue weighted by atomic mass is 10.1. The Labute approximate surface area is 117 Å². The fourth-order valence-corrected chi connectivity index (χ4v) is 1.59. The van der Waals surface area contributed by atoms with Crippen LogP contribution in [0.25, 0.3) is 0 Å². The van der Waals surface area contributed by atoms with Gasteiger partial charge in [0.05, 0.1) is 5.69 Å². The monoisotopic (exact) mass is 281 g/mol. The molecule has 0 spiro atoms. The smallest absolute Gasteiger partial charge is 0.412 e. The van der Waals surface area contributed by atoms with Crippen molar-refractivity contribution in [3.05, 3.63) is 23.8 Å². The normalized spacial score (nSPS) is 10.9. The van der Waals surface area contributed by atoms with Crippen LogP contribution in [0, 0.1) is 0 Å². The first kappa shape index (κ1) is 15.8. The molecule has 0 radical (unpaired) electrons. The summed E-state index contributed by atoms with van der Waals surface area (Å²) in [6, 6.07) is 4.65. The van der Waals surface area contributed by atoms with Crippen molar-refractivity contribution in [2.45, 2.75) is 39.2 Å². The standard InChI is InChI=1S/C14H19NO5/c1-14(2,3)20-13(19)15-12-9(7-8-11(17)18)5-4-6-10(12)16/h4-6,16H,7-8H2,1-3H3,(H,15,19)(H,17,18). The van der Waals surface area contributed by atoms with Gasteiger partial charge in [0.1, 0.15) is 11.4 Å². The van der Waals surface area contributed by atoms with Crippen LogP contribution in [0.2, 0.25) is 0 Å². The third-order valence-corrected chi connectivity index (χ3v) is 2.36. The first-order valence-electron chi connectivity index (χ1n) is 6.21. The van der Waals surface area contributed by atoms with Crippen LogP contribution in [-0.2, 0) is 16.0 Å². The molecule has 0 saturated carbocycles. The van der Waals surface area contributed by atoms with E-state index in [1.54, 1.807) is 32.9 Å². The van der Waals surface area contributed by atoms with E-state index in [2.05, 4.69) is 5.32 Å². The van der Waals surface area contributed by atoms with Crippen molar-refractivity contribution in [3.8, 4) is 5.75 Å². The molecule has 0 saturated heterocycles. The van der Waals surface area contributed by atoms with Gasteiger partial charge in [-0.2, -0.15) is 0 Å². The molecular weight excluding hydrogens is 262 g/mol. The van der Waals surface area contributed by atoms with Gasteiger partial charge in [-0.05, 0) is 38.8 Å². The zero-order valence-electron chi connectivity index (χ0n) is 11.8. The minimum absolute atomic E-state index is 0.0908. The first-order valence-corrected chi connectivity index (χ1v) is 6.21. The summed E-state index contributed by atoms with van der Waals surface area (Å²) in [6.07, 6.45) is -0.586. The third kappa shape index (κ3) is 5.17. The van der Waals surface area contributed by atoms with Gasteiger partial charge >= 0.3 is 12.1 Å². The SMILES string of the molecule is CC(C)(C)OC(=O)Nc1c(O)cccc1CCC(=O)O. The number of phenols is 1. The molecule has 6 nitrogen and oxygen atoms in total. The predicted molar refractivity (Wildman–Crippen MR) is 73.9 cm³/mol. The molecule has 0 aromatic heterocycles. The van der Waals surface area contributed by atoms with E-state index in [1.807, 2.05) is 0 Å². The quantitative estimate of drug-likeness (QED) is 0.737. The maximum Gasteiger partial charge on any atom is 0.412 e. The predicted octanol–water partition coefficient (Wildman–Crippen LogP) is 2.76. The van der Waals surface area contributed by atoms with Crippen LogP contribution in [0.3, 0.4) is 0 Å². The summed E-state index contributed by atoms with van der Waals surface area (Å²) in [6.45, 7) is 5.17. The second-order valence-electron chi connectivity index (χ2n) is 5.33. The maximum atomic E-state index is 11.7. The number of aromatic hydroxyl groups is 1. The highest BCUT2D eigenvalue weighted by molar-refractivity contribution is 5.88. The van der Waals surface area contributed by atoms with E-state index < -0.39 is 17.7 Å². The van der Waals surface area contributed by atoms with Crippen molar-refractivity contribution in [2.75, 3.05) is 5.32 Å². The van der Waals surface area contributed by atoms with Gasteiger partial charge in [-0.1, -0.05) is 12.1 Å². The summed E-state index contributed by atoms with van der Waals surface area (Å²) in [7, 11) is 0. The van der Waals surface area contributed by atoms with Crippen LogP contribution in [0.15, 0.2) is 18.2 Å². The lowest BCUT2D eigenvalue weighted by Crippen LogP contribution is -2.27. The molecule has 0 aliphatic carbocycles. The lowest BCUT2D eigenvalue weighted by molar-refractivity contribution is -0.136. The molecule has 0 unspecified atom stereocenters. The summed E-state index contributed by atoms with van der Waals surface area (Å²) in [5, 5.41) is 20.9. The summed E-state index contributed by atoms with van der Waals surface area (Å²) in [5.41, 5.74) is 0.0664. The lowest BCUT2D eigenvalue weighted by Gasteiger charge is -2.20. The zero-order valence-corrected chi connectivity index (χ0v) is 11.8. The number of anilines is 1. The van der Waals surface area contributed by atoms with Crippen LogP contribution in [0.5, 0.6) is 5.75 Å². The van der Waals surface area contributed by atoms with E-state index in [0.29, 0.717) is 5.56 Å². The number of nitrogens with one attached hydrogen (secondary N) is 1. The Bertz CT molecular complexity index is 505. The van der Waals surface area contributed by atoms with Crippen molar-refractivity contribution in [1.29, 1.82) is 0 Å². The second-order valence-corrected chi connectivity index (χ2v) is 5.33. The van der Waals surface area contributed by atoms with Crippen LogP contribution >= 0.6 is 0 Å². The second kappa shape index (κ2) is 6.27. The number of aliphatic carboxylic acids is 1. The molecule has 0 heterocycles. The van der Waals surface area contributed by atoms with Crippen molar-refractivity contribution in [2.24, 2.45) is 0 Å². The number of para-hydroxylation sites is 1. The van der Waals surface area contributed by atoms with Crippen molar-refractivity contribution in [3.63, 3.8) is 0 Å². The van der Waals surface area contributed by atoms with Gasteiger partial charge in [-0.15, -0.1) is 0 Å². The maximum absolute atomic E-state index is 11.7. The summed E-state index contributed by atoms with van der Waals surface area (Å²) in [5.74, 6) is -1.07. The van der Waals surface area contributed by atoms with Crippen LogP contribution in [0.1, 0.15) is 32.8 Å². The number of hydrogen-bond acceptors (Lipinski definition) is 4. The molecule has 0 aliphatic heterocycles. The molecule has 3 N–H and O–H groups in total. The molecule has 1 amide bonds. The van der Waals surface area contributed by atoms with E-state index >= 15 is 0 Å². The summed E-state index contributed by atoms with van der Waals surface area (Å²) >= 11 is 0. The van der Waals surface area contributed by atoms with Crippen molar-refractivity contribution in [1.82, 2.24) is 0 Å². The average Bonchev–Trinajstić information content (AvgIpc) is 2.27. The molecule has 110 valence electrons. The Hall–Kier alpha value is -2.24. The molecule has 0 atom stereocenters. The molecule has 0 fully saturated rings. The number of phenolic OH excluding ortho intramolecular Hbond substituents is 1. The fourth-order valence-electron chi connectivity index (χ4n) is 1.59. The Balaban J connectivity index is 2.87. The third-order valence-electron chi connectivity index (χ3n) is 2.36. The Morgan fingerprint density at radius 1 is 1.30 bits per heavy atom. The van der Waals surface area contributed by atoms with E-state index in [-0.39, 0.29) is 24.3 Å². The highest BCUT2D eigenvalue weighted by Crippen LogP contribution is 2.28. The molecular formula is C14H19NO5. The van der Waals surface area contributed by atoms with E-state index in [0.717, 1.165) is 0 Å². The molecule has 6 heteroatoms. The average molecular weight is 281 g/mol. The van der Waals surface area contributed by atoms with Crippen LogP contribution in [-0.4, -0.2) is 27.9 Å².